The Bertz CT molecular complexity index is 332. The van der Waals surface area contributed by atoms with Crippen molar-refractivity contribution in [2.24, 2.45) is 5.92 Å². The molecule has 2 atom stereocenters. The van der Waals surface area contributed by atoms with Crippen LogP contribution in [0.5, 0.6) is 0 Å². The summed E-state index contributed by atoms with van der Waals surface area (Å²) in [5, 5.41) is 0. The molecule has 2 aliphatic rings. The molecule has 0 radical (unpaired) electrons. The van der Waals surface area contributed by atoms with Crippen LogP contribution in [-0.2, 0) is 9.53 Å². The lowest BCUT2D eigenvalue weighted by Gasteiger charge is -2.45. The van der Waals surface area contributed by atoms with Crippen LogP contribution in [0.3, 0.4) is 0 Å². The zero-order valence-electron chi connectivity index (χ0n) is 10.9. The van der Waals surface area contributed by atoms with E-state index in [1.54, 1.807) is 0 Å². The smallest absolute Gasteiger partial charge is 0.417 e. The molecule has 2 rings (SSSR count). The van der Waals surface area contributed by atoms with Crippen LogP contribution in [0.15, 0.2) is 0 Å². The van der Waals surface area contributed by atoms with Crippen LogP contribution >= 0.6 is 0 Å². The number of fused-ring (bicyclic) bond motifs is 1. The third kappa shape index (κ3) is 2.45. The second kappa shape index (κ2) is 4.31. The molecule has 4 nitrogen and oxygen atoms in total. The summed E-state index contributed by atoms with van der Waals surface area (Å²) in [6.45, 7) is 5.46. The molecule has 4 heteroatoms. The molecule has 2 amide bonds. The molecule has 2 unspecified atom stereocenters. The summed E-state index contributed by atoms with van der Waals surface area (Å²) in [6, 6.07) is 0.0971. The maximum absolute atomic E-state index is 11.9. The molecule has 1 saturated heterocycles. The molecular formula is C13H21NO3. The average Bonchev–Trinajstić information content (AvgIpc) is 2.37. The molecule has 2 fully saturated rings. The van der Waals surface area contributed by atoms with Gasteiger partial charge in [0.25, 0.3) is 0 Å². The van der Waals surface area contributed by atoms with Gasteiger partial charge in [-0.05, 0) is 33.6 Å². The number of hydrogen-bond acceptors (Lipinski definition) is 3. The van der Waals surface area contributed by atoms with Gasteiger partial charge in [-0.25, -0.2) is 9.69 Å². The number of carbonyl (C=O) groups excluding carboxylic acids is 2. The minimum atomic E-state index is -0.535. The van der Waals surface area contributed by atoms with Crippen molar-refractivity contribution < 1.29 is 14.3 Å². The van der Waals surface area contributed by atoms with Gasteiger partial charge in [-0.15, -0.1) is 0 Å². The summed E-state index contributed by atoms with van der Waals surface area (Å²) in [6.07, 6.45) is 4.79. The van der Waals surface area contributed by atoms with E-state index in [-0.39, 0.29) is 17.9 Å². The lowest BCUT2D eigenvalue weighted by Crippen LogP contribution is -2.63. The Morgan fingerprint density at radius 3 is 2.53 bits per heavy atom. The van der Waals surface area contributed by atoms with Crippen molar-refractivity contribution >= 4 is 12.0 Å². The summed E-state index contributed by atoms with van der Waals surface area (Å²) in [5.41, 5.74) is -0.535. The van der Waals surface area contributed by atoms with Crippen LogP contribution in [-0.4, -0.2) is 28.5 Å². The summed E-state index contributed by atoms with van der Waals surface area (Å²) in [7, 11) is 0. The predicted octanol–water partition coefficient (Wildman–Crippen LogP) is 2.71. The molecule has 0 N–H and O–H groups in total. The van der Waals surface area contributed by atoms with Gasteiger partial charge in [0, 0.05) is 0 Å². The van der Waals surface area contributed by atoms with E-state index in [1.165, 1.54) is 11.3 Å². The van der Waals surface area contributed by atoms with Gasteiger partial charge in [0.15, 0.2) is 0 Å². The number of amides is 2. The van der Waals surface area contributed by atoms with Crippen molar-refractivity contribution in [3.05, 3.63) is 0 Å². The Morgan fingerprint density at radius 1 is 1.24 bits per heavy atom. The zero-order valence-corrected chi connectivity index (χ0v) is 10.9. The number of likely N-dealkylation sites (tertiary alicyclic amines) is 1. The minimum Gasteiger partial charge on any atom is -0.443 e. The largest absolute Gasteiger partial charge is 0.443 e. The lowest BCUT2D eigenvalue weighted by molar-refractivity contribution is -0.154. The van der Waals surface area contributed by atoms with Crippen LogP contribution in [0.25, 0.3) is 0 Å². The SMILES string of the molecule is CC(C)(C)OC(=O)N1C(=O)C2CCCCCC21. The van der Waals surface area contributed by atoms with Gasteiger partial charge >= 0.3 is 6.09 Å². The Morgan fingerprint density at radius 2 is 1.88 bits per heavy atom. The normalized spacial score (nSPS) is 29.1. The van der Waals surface area contributed by atoms with Crippen LogP contribution in [0.4, 0.5) is 4.79 Å². The fraction of sp³-hybridized carbons (Fsp3) is 0.846. The van der Waals surface area contributed by atoms with Gasteiger partial charge in [0.1, 0.15) is 5.60 Å². The average molecular weight is 239 g/mol. The van der Waals surface area contributed by atoms with E-state index >= 15 is 0 Å². The van der Waals surface area contributed by atoms with E-state index in [1.807, 2.05) is 20.8 Å². The first kappa shape index (κ1) is 12.4. The molecule has 0 bridgehead atoms. The van der Waals surface area contributed by atoms with E-state index in [9.17, 15) is 9.59 Å². The molecule has 1 aliphatic heterocycles. The van der Waals surface area contributed by atoms with E-state index in [0.29, 0.717) is 0 Å². The van der Waals surface area contributed by atoms with E-state index in [0.717, 1.165) is 25.7 Å². The Labute approximate surface area is 102 Å². The first-order valence-electron chi connectivity index (χ1n) is 6.46. The summed E-state index contributed by atoms with van der Waals surface area (Å²) < 4.78 is 5.27. The first-order chi connectivity index (χ1) is 7.90. The van der Waals surface area contributed by atoms with Gasteiger partial charge in [0.2, 0.25) is 5.91 Å². The molecule has 0 aromatic rings. The van der Waals surface area contributed by atoms with Crippen molar-refractivity contribution in [2.45, 2.75) is 64.5 Å². The monoisotopic (exact) mass is 239 g/mol. The number of ether oxygens (including phenoxy) is 1. The number of hydrogen-bond donors (Lipinski definition) is 0. The zero-order chi connectivity index (χ0) is 12.6. The Kier molecular flexibility index (Phi) is 3.15. The van der Waals surface area contributed by atoms with Gasteiger partial charge in [-0.3, -0.25) is 4.79 Å². The lowest BCUT2D eigenvalue weighted by atomic mass is 9.84. The van der Waals surface area contributed by atoms with Crippen molar-refractivity contribution in [3.8, 4) is 0 Å². The summed E-state index contributed by atoms with van der Waals surface area (Å²) in [5.74, 6) is 0.0381. The van der Waals surface area contributed by atoms with Gasteiger partial charge in [-0.1, -0.05) is 19.3 Å². The number of carbonyl (C=O) groups is 2. The van der Waals surface area contributed by atoms with Crippen LogP contribution < -0.4 is 0 Å². The number of β-lactam (4-membered cyclic amide) rings is 1. The Hall–Kier alpha value is -1.06. The fourth-order valence-corrected chi connectivity index (χ4v) is 2.68. The highest BCUT2D eigenvalue weighted by Gasteiger charge is 2.51. The molecule has 0 aromatic heterocycles. The predicted molar refractivity (Wildman–Crippen MR) is 63.4 cm³/mol. The van der Waals surface area contributed by atoms with Crippen LogP contribution in [0, 0.1) is 5.92 Å². The maximum atomic E-state index is 11.9. The quantitative estimate of drug-likeness (QED) is 0.611. The molecule has 0 aromatic carbocycles. The number of imide groups is 1. The topological polar surface area (TPSA) is 46.6 Å². The van der Waals surface area contributed by atoms with Gasteiger partial charge in [0.05, 0.1) is 12.0 Å². The summed E-state index contributed by atoms with van der Waals surface area (Å²) in [4.78, 5) is 25.1. The number of nitrogens with zero attached hydrogens (tertiary/aromatic N) is 1. The van der Waals surface area contributed by atoms with E-state index in [2.05, 4.69) is 0 Å². The highest BCUT2D eigenvalue weighted by molar-refractivity contribution is 5.99. The first-order valence-corrected chi connectivity index (χ1v) is 6.46. The molecule has 96 valence electrons. The van der Waals surface area contributed by atoms with Gasteiger partial charge < -0.3 is 4.74 Å². The van der Waals surface area contributed by atoms with Crippen molar-refractivity contribution in [1.82, 2.24) is 4.90 Å². The molecule has 17 heavy (non-hydrogen) atoms. The molecule has 1 saturated carbocycles. The maximum Gasteiger partial charge on any atom is 0.417 e. The highest BCUT2D eigenvalue weighted by Crippen LogP contribution is 2.38. The minimum absolute atomic E-state index is 0.0360. The Balaban J connectivity index is 2.02. The number of rotatable bonds is 0. The highest BCUT2D eigenvalue weighted by atomic mass is 16.6. The fourth-order valence-electron chi connectivity index (χ4n) is 2.68. The second-order valence-electron chi connectivity index (χ2n) is 6.00. The third-order valence-electron chi connectivity index (χ3n) is 3.46. The van der Waals surface area contributed by atoms with Crippen molar-refractivity contribution in [2.75, 3.05) is 0 Å². The molecule has 1 heterocycles. The van der Waals surface area contributed by atoms with Crippen LogP contribution in [0.2, 0.25) is 0 Å². The molecular weight excluding hydrogens is 218 g/mol. The molecule has 0 spiro atoms. The second-order valence-corrected chi connectivity index (χ2v) is 6.00. The van der Waals surface area contributed by atoms with Crippen LogP contribution in [0.1, 0.15) is 52.9 Å². The summed E-state index contributed by atoms with van der Waals surface area (Å²) >= 11 is 0. The van der Waals surface area contributed by atoms with Crippen molar-refractivity contribution in [3.63, 3.8) is 0 Å². The standard InChI is InChI=1S/C13H21NO3/c1-13(2,3)17-12(16)14-10-8-6-4-5-7-9(10)11(14)15/h9-10H,4-8H2,1-3H3. The molecule has 1 aliphatic carbocycles. The van der Waals surface area contributed by atoms with Crippen molar-refractivity contribution in [1.29, 1.82) is 0 Å². The van der Waals surface area contributed by atoms with Gasteiger partial charge in [-0.2, -0.15) is 0 Å². The van der Waals surface area contributed by atoms with E-state index < -0.39 is 11.7 Å². The third-order valence-corrected chi connectivity index (χ3v) is 3.46. The van der Waals surface area contributed by atoms with E-state index in [4.69, 9.17) is 4.74 Å².